The van der Waals surface area contributed by atoms with Crippen molar-refractivity contribution in [2.75, 3.05) is 0 Å². The Kier molecular flexibility index (Phi) is 5.06. The van der Waals surface area contributed by atoms with Crippen LogP contribution in [0.25, 0.3) is 0 Å². The first kappa shape index (κ1) is 19.0. The Morgan fingerprint density at radius 3 is 2.73 bits per heavy atom. The summed E-state index contributed by atoms with van der Waals surface area (Å²) in [7, 11) is 0. The molecule has 4 aliphatic rings. The van der Waals surface area contributed by atoms with E-state index in [4.69, 9.17) is 0 Å². The summed E-state index contributed by atoms with van der Waals surface area (Å²) >= 11 is 0. The largest absolute Gasteiger partial charge is 0.300 e. The van der Waals surface area contributed by atoms with E-state index in [0.717, 1.165) is 42.4 Å². The van der Waals surface area contributed by atoms with E-state index in [1.54, 1.807) is 6.92 Å². The summed E-state index contributed by atoms with van der Waals surface area (Å²) in [6.45, 7) is 9.37. The third kappa shape index (κ3) is 2.91. The van der Waals surface area contributed by atoms with Crippen molar-refractivity contribution < 1.29 is 4.79 Å². The lowest BCUT2D eigenvalue weighted by atomic mass is 9.44. The number of carbonyl (C=O) groups excluding carboxylic acids is 1. The average Bonchev–Trinajstić information content (AvgIpc) is 2.96. The molecule has 4 fully saturated rings. The Morgan fingerprint density at radius 1 is 1.15 bits per heavy atom. The van der Waals surface area contributed by atoms with Gasteiger partial charge in [-0.2, -0.15) is 0 Å². The van der Waals surface area contributed by atoms with E-state index in [2.05, 4.69) is 40.0 Å². The predicted octanol–water partition coefficient (Wildman–Crippen LogP) is 6.48. The van der Waals surface area contributed by atoms with Gasteiger partial charge in [0.05, 0.1) is 0 Å². The molecule has 145 valence electrons. The van der Waals surface area contributed by atoms with Gasteiger partial charge in [0.1, 0.15) is 5.78 Å². The minimum atomic E-state index is 0.359. The maximum Gasteiger partial charge on any atom is 0.129 e. The van der Waals surface area contributed by atoms with Gasteiger partial charge in [-0.15, -0.1) is 0 Å². The molecule has 8 atom stereocenters. The molecule has 0 aromatic rings. The quantitative estimate of drug-likeness (QED) is 0.564. The third-order valence-electron chi connectivity index (χ3n) is 9.58. The molecule has 3 radical (unpaired) electrons. The van der Waals surface area contributed by atoms with Crippen LogP contribution in [-0.4, -0.2) is 5.78 Å². The second-order valence-corrected chi connectivity index (χ2v) is 10.7. The number of rotatable bonds is 4. The van der Waals surface area contributed by atoms with Gasteiger partial charge in [0.15, 0.2) is 0 Å². The molecule has 1 nitrogen and oxygen atoms in total. The van der Waals surface area contributed by atoms with Crippen molar-refractivity contribution in [2.45, 2.75) is 85.5 Å². The van der Waals surface area contributed by atoms with Crippen molar-refractivity contribution in [2.24, 2.45) is 46.3 Å². The first-order valence-corrected chi connectivity index (χ1v) is 11.3. The zero-order valence-electron chi connectivity index (χ0n) is 17.5. The van der Waals surface area contributed by atoms with Crippen LogP contribution >= 0.6 is 0 Å². The molecule has 0 bridgehead atoms. The van der Waals surface area contributed by atoms with E-state index in [1.807, 2.05) is 0 Å². The topological polar surface area (TPSA) is 17.1 Å². The van der Waals surface area contributed by atoms with Gasteiger partial charge in [0.25, 0.3) is 0 Å². The first-order valence-electron chi connectivity index (χ1n) is 11.3. The number of hydrogen-bond acceptors (Lipinski definition) is 1. The van der Waals surface area contributed by atoms with E-state index < -0.39 is 0 Å². The Labute approximate surface area is 162 Å². The van der Waals surface area contributed by atoms with Crippen molar-refractivity contribution in [1.29, 1.82) is 0 Å². The fraction of sp³-hybridized carbons (Fsp3) is 0.840. The van der Waals surface area contributed by atoms with Crippen LogP contribution in [0.2, 0.25) is 0 Å². The van der Waals surface area contributed by atoms with E-state index in [-0.39, 0.29) is 0 Å². The van der Waals surface area contributed by atoms with E-state index in [1.165, 1.54) is 44.9 Å². The maximum atomic E-state index is 11.5. The van der Waals surface area contributed by atoms with Crippen molar-refractivity contribution in [3.05, 3.63) is 19.3 Å². The normalized spacial score (nSPS) is 49.0. The first-order chi connectivity index (χ1) is 12.4. The summed E-state index contributed by atoms with van der Waals surface area (Å²) in [6.07, 6.45) is 19.5. The van der Waals surface area contributed by atoms with Crippen LogP contribution in [0.5, 0.6) is 0 Å². The number of hydrogen-bond donors (Lipinski definition) is 0. The number of Topliss-reactive ketones (excluding diaryl/α,β-unsaturated/α-hetero) is 1. The summed E-state index contributed by atoms with van der Waals surface area (Å²) < 4.78 is 0. The van der Waals surface area contributed by atoms with Gasteiger partial charge in [-0.25, -0.2) is 0 Å². The summed E-state index contributed by atoms with van der Waals surface area (Å²) in [5.41, 5.74) is 0.974. The highest BCUT2D eigenvalue weighted by molar-refractivity contribution is 5.75. The Balaban J connectivity index is 1.52. The van der Waals surface area contributed by atoms with Crippen molar-refractivity contribution in [3.63, 3.8) is 0 Å². The molecule has 0 heterocycles. The molecule has 4 saturated carbocycles. The zero-order valence-corrected chi connectivity index (χ0v) is 17.5. The lowest BCUT2D eigenvalue weighted by Crippen LogP contribution is -2.53. The van der Waals surface area contributed by atoms with Gasteiger partial charge < -0.3 is 4.79 Å². The van der Waals surface area contributed by atoms with Crippen molar-refractivity contribution >= 4 is 5.78 Å². The SMILES string of the molecule is CC(=O)CCC(C)C1CCC2C3[CH]CC4C[CH]CC[C@]4(C)C3C[CH][C@]12C. The molecule has 4 aliphatic carbocycles. The van der Waals surface area contributed by atoms with Gasteiger partial charge in [0.2, 0.25) is 0 Å². The standard InChI is InChI=1S/C25H39O/c1-17(8-9-18(2)26)21-12-13-22-20-11-10-19-7-5-6-15-24(19,3)23(20)14-16-25(21,22)4/h5,11,16-17,19-23H,6-10,12-15H2,1-4H3/t17?,19?,20?,21?,22?,23?,24-,25+/m0/s1. The zero-order chi connectivity index (χ0) is 18.5. The van der Waals surface area contributed by atoms with Crippen LogP contribution in [-0.2, 0) is 4.79 Å². The van der Waals surface area contributed by atoms with Gasteiger partial charge in [0, 0.05) is 6.42 Å². The Morgan fingerprint density at radius 2 is 1.96 bits per heavy atom. The van der Waals surface area contributed by atoms with E-state index in [0.29, 0.717) is 22.5 Å². The van der Waals surface area contributed by atoms with Crippen LogP contribution < -0.4 is 0 Å². The predicted molar refractivity (Wildman–Crippen MR) is 108 cm³/mol. The molecular formula is C25H39O. The lowest BCUT2D eigenvalue weighted by molar-refractivity contribution is -0.117. The van der Waals surface area contributed by atoms with Gasteiger partial charge in [-0.05, 0) is 124 Å². The van der Waals surface area contributed by atoms with Gasteiger partial charge in [-0.3, -0.25) is 0 Å². The minimum Gasteiger partial charge on any atom is -0.300 e. The maximum absolute atomic E-state index is 11.5. The second-order valence-electron chi connectivity index (χ2n) is 10.7. The lowest BCUT2D eigenvalue weighted by Gasteiger charge is -2.60. The molecule has 0 spiro atoms. The number of carbonyl (C=O) groups is 1. The monoisotopic (exact) mass is 355 g/mol. The Bertz CT molecular complexity index is 538. The fourth-order valence-electron chi connectivity index (χ4n) is 7.93. The molecule has 0 aromatic carbocycles. The number of ketones is 1. The third-order valence-corrected chi connectivity index (χ3v) is 9.58. The van der Waals surface area contributed by atoms with Gasteiger partial charge >= 0.3 is 0 Å². The number of fused-ring (bicyclic) bond motifs is 5. The summed E-state index contributed by atoms with van der Waals surface area (Å²) in [6, 6.07) is 0. The summed E-state index contributed by atoms with van der Waals surface area (Å²) in [5.74, 6) is 5.31. The van der Waals surface area contributed by atoms with E-state index >= 15 is 0 Å². The van der Waals surface area contributed by atoms with Crippen LogP contribution in [0.3, 0.4) is 0 Å². The van der Waals surface area contributed by atoms with E-state index in [9.17, 15) is 4.79 Å². The smallest absolute Gasteiger partial charge is 0.129 e. The second kappa shape index (κ2) is 6.93. The molecule has 0 N–H and O–H groups in total. The van der Waals surface area contributed by atoms with Crippen molar-refractivity contribution in [1.82, 2.24) is 0 Å². The Hall–Kier alpha value is -0.330. The highest BCUT2D eigenvalue weighted by Crippen LogP contribution is 2.67. The van der Waals surface area contributed by atoms with Crippen LogP contribution in [0.1, 0.15) is 85.5 Å². The molecule has 4 rings (SSSR count). The highest BCUT2D eigenvalue weighted by Gasteiger charge is 2.60. The van der Waals surface area contributed by atoms with Crippen molar-refractivity contribution in [3.8, 4) is 0 Å². The molecular weight excluding hydrogens is 316 g/mol. The molecule has 6 unspecified atom stereocenters. The molecule has 0 aromatic heterocycles. The minimum absolute atomic E-state index is 0.359. The van der Waals surface area contributed by atoms with Crippen LogP contribution in [0.4, 0.5) is 0 Å². The van der Waals surface area contributed by atoms with Gasteiger partial charge in [-0.1, -0.05) is 20.8 Å². The fourth-order valence-corrected chi connectivity index (χ4v) is 7.93. The summed E-state index contributed by atoms with van der Waals surface area (Å²) in [5, 5.41) is 0. The molecule has 0 saturated heterocycles. The summed E-state index contributed by atoms with van der Waals surface area (Å²) in [4.78, 5) is 11.5. The van der Waals surface area contributed by atoms with Crippen LogP contribution in [0.15, 0.2) is 0 Å². The molecule has 0 aliphatic heterocycles. The average molecular weight is 356 g/mol. The molecule has 1 heteroatoms. The van der Waals surface area contributed by atoms with Crippen LogP contribution in [0, 0.1) is 65.6 Å². The molecule has 26 heavy (non-hydrogen) atoms. The highest BCUT2D eigenvalue weighted by atomic mass is 16.1. The molecule has 0 amide bonds.